The first-order valence-electron chi connectivity index (χ1n) is 7.23. The van der Waals surface area contributed by atoms with Gasteiger partial charge in [0.2, 0.25) is 0 Å². The number of cyclic esters (lactones) is 1. The van der Waals surface area contributed by atoms with Gasteiger partial charge in [-0.05, 0) is 45.3 Å². The quantitative estimate of drug-likeness (QED) is 0.320. The lowest BCUT2D eigenvalue weighted by molar-refractivity contribution is -0.150. The van der Waals surface area contributed by atoms with Gasteiger partial charge >= 0.3 is 5.97 Å². The summed E-state index contributed by atoms with van der Waals surface area (Å²) in [6, 6.07) is 0. The van der Waals surface area contributed by atoms with E-state index in [9.17, 15) is 19.2 Å². The van der Waals surface area contributed by atoms with E-state index >= 15 is 0 Å². The van der Waals surface area contributed by atoms with Crippen LogP contribution in [0.25, 0.3) is 0 Å². The molecule has 1 aliphatic carbocycles. The van der Waals surface area contributed by atoms with Crippen molar-refractivity contribution in [3.05, 3.63) is 34.9 Å². The number of hydrogen-bond acceptors (Lipinski definition) is 5. The number of allylic oxidation sites excluding steroid dienone is 5. The monoisotopic (exact) mass is 302 g/mol. The highest BCUT2D eigenvalue weighted by molar-refractivity contribution is 6.24. The van der Waals surface area contributed by atoms with Gasteiger partial charge in [-0.25, -0.2) is 0 Å². The molecular formula is C17H18O5. The Bertz CT molecular complexity index is 633. The number of carbonyl (C=O) groups excluding carboxylic acids is 4. The van der Waals surface area contributed by atoms with E-state index in [2.05, 4.69) is 0 Å². The Morgan fingerprint density at radius 1 is 1.23 bits per heavy atom. The molecule has 0 saturated carbocycles. The van der Waals surface area contributed by atoms with Crippen LogP contribution in [0.5, 0.6) is 0 Å². The van der Waals surface area contributed by atoms with Gasteiger partial charge in [-0.15, -0.1) is 0 Å². The van der Waals surface area contributed by atoms with Crippen molar-refractivity contribution >= 4 is 23.3 Å². The molecular weight excluding hydrogens is 284 g/mol. The molecule has 0 radical (unpaired) electrons. The van der Waals surface area contributed by atoms with E-state index in [1.54, 1.807) is 0 Å². The van der Waals surface area contributed by atoms with Gasteiger partial charge in [-0.1, -0.05) is 11.6 Å². The molecule has 22 heavy (non-hydrogen) atoms. The van der Waals surface area contributed by atoms with Gasteiger partial charge < -0.3 is 4.74 Å². The largest absolute Gasteiger partial charge is 0.465 e. The Kier molecular flexibility index (Phi) is 4.85. The highest BCUT2D eigenvalue weighted by Gasteiger charge is 2.36. The Hall–Kier alpha value is -2.30. The second kappa shape index (κ2) is 6.64. The van der Waals surface area contributed by atoms with Gasteiger partial charge in [-0.2, -0.15) is 0 Å². The van der Waals surface area contributed by atoms with Crippen molar-refractivity contribution in [2.75, 3.05) is 6.61 Å². The molecule has 0 aromatic heterocycles. The SMILES string of the molecule is CC(=O)C1C(=O)OCCC/C(C)=C/CC2=CC(=O)C=C1C2=O. The van der Waals surface area contributed by atoms with Gasteiger partial charge in [0.15, 0.2) is 11.6 Å². The number of fused-ring (bicyclic) bond motifs is 2. The molecule has 2 aliphatic rings. The van der Waals surface area contributed by atoms with E-state index in [1.807, 2.05) is 13.0 Å². The molecule has 5 nitrogen and oxygen atoms in total. The molecule has 0 fully saturated rings. The van der Waals surface area contributed by atoms with Crippen molar-refractivity contribution < 1.29 is 23.9 Å². The van der Waals surface area contributed by atoms with Crippen molar-refractivity contribution in [1.82, 2.24) is 0 Å². The Labute approximate surface area is 128 Å². The third-order valence-electron chi connectivity index (χ3n) is 3.75. The Morgan fingerprint density at radius 2 is 1.95 bits per heavy atom. The van der Waals surface area contributed by atoms with Crippen LogP contribution < -0.4 is 0 Å². The van der Waals surface area contributed by atoms with Crippen molar-refractivity contribution in [2.45, 2.75) is 33.1 Å². The van der Waals surface area contributed by atoms with Crippen LogP contribution in [0.15, 0.2) is 34.9 Å². The molecule has 0 N–H and O–H groups in total. The van der Waals surface area contributed by atoms with Crippen LogP contribution in [-0.2, 0) is 23.9 Å². The van der Waals surface area contributed by atoms with Crippen LogP contribution in [0.2, 0.25) is 0 Å². The molecule has 0 aromatic rings. The smallest absolute Gasteiger partial charge is 0.321 e. The summed E-state index contributed by atoms with van der Waals surface area (Å²) < 4.78 is 5.10. The maximum absolute atomic E-state index is 12.5. The molecule has 1 atom stereocenters. The zero-order chi connectivity index (χ0) is 16.3. The summed E-state index contributed by atoms with van der Waals surface area (Å²) in [5.41, 5.74) is 1.30. The molecule has 116 valence electrons. The summed E-state index contributed by atoms with van der Waals surface area (Å²) >= 11 is 0. The van der Waals surface area contributed by atoms with Gasteiger partial charge in [0.05, 0.1) is 6.61 Å². The Morgan fingerprint density at radius 3 is 2.64 bits per heavy atom. The lowest BCUT2D eigenvalue weighted by Gasteiger charge is -2.20. The maximum Gasteiger partial charge on any atom is 0.321 e. The van der Waals surface area contributed by atoms with Crippen LogP contribution in [-0.4, -0.2) is 29.9 Å². The topological polar surface area (TPSA) is 77.5 Å². The molecule has 0 amide bonds. The highest BCUT2D eigenvalue weighted by atomic mass is 16.5. The maximum atomic E-state index is 12.5. The molecule has 0 saturated heterocycles. The molecule has 1 heterocycles. The molecule has 2 bridgehead atoms. The first kappa shape index (κ1) is 16.1. The molecule has 0 spiro atoms. The first-order chi connectivity index (χ1) is 10.4. The number of esters is 1. The average molecular weight is 302 g/mol. The third-order valence-corrected chi connectivity index (χ3v) is 3.75. The van der Waals surface area contributed by atoms with E-state index < -0.39 is 23.5 Å². The summed E-state index contributed by atoms with van der Waals surface area (Å²) in [6.07, 6.45) is 5.95. The number of rotatable bonds is 1. The third kappa shape index (κ3) is 3.47. The summed E-state index contributed by atoms with van der Waals surface area (Å²) in [7, 11) is 0. The van der Waals surface area contributed by atoms with Crippen LogP contribution in [0.3, 0.4) is 0 Å². The predicted octanol–water partition coefficient (Wildman–Crippen LogP) is 1.87. The van der Waals surface area contributed by atoms with Gasteiger partial charge in [0.25, 0.3) is 0 Å². The molecule has 2 rings (SSSR count). The lowest BCUT2D eigenvalue weighted by atomic mass is 9.83. The van der Waals surface area contributed by atoms with E-state index in [1.165, 1.54) is 13.0 Å². The predicted molar refractivity (Wildman–Crippen MR) is 78.9 cm³/mol. The molecule has 5 heteroatoms. The van der Waals surface area contributed by atoms with Crippen molar-refractivity contribution in [3.8, 4) is 0 Å². The number of Topliss-reactive ketones (excluding diaryl/α,β-unsaturated/α-hetero) is 2. The second-order valence-electron chi connectivity index (χ2n) is 5.57. The fourth-order valence-corrected chi connectivity index (χ4v) is 2.55. The molecule has 1 aliphatic heterocycles. The zero-order valence-corrected chi connectivity index (χ0v) is 12.7. The standard InChI is InChI=1S/C17H18O5/c1-10-4-3-7-22-17(21)15(11(2)18)14-9-13(19)8-12(6-5-10)16(14)20/h5,8-9,15H,3-4,6-7H2,1-2H3/b10-5+. The van der Waals surface area contributed by atoms with E-state index in [-0.39, 0.29) is 18.0 Å². The number of ketones is 3. The van der Waals surface area contributed by atoms with E-state index in [0.717, 1.165) is 18.1 Å². The lowest BCUT2D eigenvalue weighted by Crippen LogP contribution is -2.32. The first-order valence-corrected chi connectivity index (χ1v) is 7.23. The van der Waals surface area contributed by atoms with Gasteiger partial charge in [0, 0.05) is 11.1 Å². The fourth-order valence-electron chi connectivity index (χ4n) is 2.55. The van der Waals surface area contributed by atoms with Crippen LogP contribution in [0.1, 0.15) is 33.1 Å². The normalized spacial score (nSPS) is 25.8. The van der Waals surface area contributed by atoms with Crippen LogP contribution in [0, 0.1) is 5.92 Å². The minimum Gasteiger partial charge on any atom is -0.465 e. The van der Waals surface area contributed by atoms with Gasteiger partial charge in [0.1, 0.15) is 11.7 Å². The number of carbonyl (C=O) groups is 4. The van der Waals surface area contributed by atoms with E-state index in [4.69, 9.17) is 4.74 Å². The summed E-state index contributed by atoms with van der Waals surface area (Å²) in [5.74, 6) is -3.39. The number of hydrogen-bond donors (Lipinski definition) is 0. The summed E-state index contributed by atoms with van der Waals surface area (Å²) in [5, 5.41) is 0. The van der Waals surface area contributed by atoms with Crippen LogP contribution >= 0.6 is 0 Å². The fraction of sp³-hybridized carbons (Fsp3) is 0.412. The zero-order valence-electron chi connectivity index (χ0n) is 12.7. The average Bonchev–Trinajstić information content (AvgIpc) is 2.44. The summed E-state index contributed by atoms with van der Waals surface area (Å²) in [6.45, 7) is 3.34. The van der Waals surface area contributed by atoms with Crippen molar-refractivity contribution in [2.24, 2.45) is 5.92 Å². The van der Waals surface area contributed by atoms with E-state index in [0.29, 0.717) is 18.4 Å². The Balaban J connectivity index is 2.46. The second-order valence-corrected chi connectivity index (χ2v) is 5.57. The highest BCUT2D eigenvalue weighted by Crippen LogP contribution is 2.26. The van der Waals surface area contributed by atoms with Crippen molar-refractivity contribution in [3.63, 3.8) is 0 Å². The summed E-state index contributed by atoms with van der Waals surface area (Å²) in [4.78, 5) is 48.2. The molecule has 1 unspecified atom stereocenters. The molecule has 0 aromatic carbocycles. The van der Waals surface area contributed by atoms with Crippen LogP contribution in [0.4, 0.5) is 0 Å². The van der Waals surface area contributed by atoms with Crippen molar-refractivity contribution in [1.29, 1.82) is 0 Å². The number of ether oxygens (including phenoxy) is 1. The minimum absolute atomic E-state index is 0.0772. The van der Waals surface area contributed by atoms with Gasteiger partial charge in [-0.3, -0.25) is 19.2 Å². The minimum atomic E-state index is -1.32.